The SMILES string of the molecule is CCNN(NCC)c1ccc(N=O)cc1. The van der Waals surface area contributed by atoms with E-state index in [1.165, 1.54) is 0 Å². The maximum absolute atomic E-state index is 10.2. The summed E-state index contributed by atoms with van der Waals surface area (Å²) in [7, 11) is 0. The van der Waals surface area contributed by atoms with Crippen molar-refractivity contribution in [2.45, 2.75) is 13.8 Å². The van der Waals surface area contributed by atoms with Crippen LogP contribution < -0.4 is 16.0 Å². The van der Waals surface area contributed by atoms with E-state index >= 15 is 0 Å². The number of nitrogens with one attached hydrogen (secondary N) is 2. The van der Waals surface area contributed by atoms with Gasteiger partial charge in [0.1, 0.15) is 5.69 Å². The van der Waals surface area contributed by atoms with E-state index in [1.807, 2.05) is 31.1 Å². The van der Waals surface area contributed by atoms with E-state index < -0.39 is 0 Å². The number of benzene rings is 1. The molecule has 15 heavy (non-hydrogen) atoms. The first-order valence-corrected chi connectivity index (χ1v) is 5.02. The third-order valence-electron chi connectivity index (χ3n) is 1.85. The van der Waals surface area contributed by atoms with Gasteiger partial charge in [0, 0.05) is 13.1 Å². The molecule has 0 heterocycles. The van der Waals surface area contributed by atoms with Gasteiger partial charge in [0.2, 0.25) is 0 Å². The second kappa shape index (κ2) is 6.10. The van der Waals surface area contributed by atoms with Gasteiger partial charge in [-0.2, -0.15) is 0 Å². The van der Waals surface area contributed by atoms with Gasteiger partial charge in [-0.3, -0.25) is 0 Å². The largest absolute Gasteiger partial charge is 0.242 e. The van der Waals surface area contributed by atoms with E-state index in [4.69, 9.17) is 0 Å². The average Bonchev–Trinajstić information content (AvgIpc) is 2.29. The first-order valence-electron chi connectivity index (χ1n) is 5.02. The summed E-state index contributed by atoms with van der Waals surface area (Å²) < 4.78 is 0. The second-order valence-corrected chi connectivity index (χ2v) is 2.97. The molecule has 0 spiro atoms. The van der Waals surface area contributed by atoms with Crippen molar-refractivity contribution in [1.29, 1.82) is 0 Å². The maximum atomic E-state index is 10.2. The molecule has 0 aliphatic heterocycles. The molecule has 0 atom stereocenters. The minimum Gasteiger partial charge on any atom is -0.242 e. The summed E-state index contributed by atoms with van der Waals surface area (Å²) in [6.45, 7) is 5.68. The zero-order valence-corrected chi connectivity index (χ0v) is 9.03. The lowest BCUT2D eigenvalue weighted by atomic mass is 10.3. The van der Waals surface area contributed by atoms with E-state index in [-0.39, 0.29) is 0 Å². The Labute approximate surface area is 89.4 Å². The van der Waals surface area contributed by atoms with Crippen LogP contribution >= 0.6 is 0 Å². The van der Waals surface area contributed by atoms with E-state index in [1.54, 1.807) is 12.1 Å². The molecular formula is C10H16N4O. The Morgan fingerprint density at radius 1 is 1.13 bits per heavy atom. The molecule has 0 radical (unpaired) electrons. The standard InChI is InChI=1S/C10H16N4O/c1-3-11-14(12-4-2)10-7-5-9(13-15)6-8-10/h5-8,11-12H,3-4H2,1-2H3. The summed E-state index contributed by atoms with van der Waals surface area (Å²) in [5, 5.41) is 4.68. The van der Waals surface area contributed by atoms with Crippen LogP contribution in [0.4, 0.5) is 11.4 Å². The van der Waals surface area contributed by atoms with Crippen molar-refractivity contribution < 1.29 is 0 Å². The monoisotopic (exact) mass is 208 g/mol. The van der Waals surface area contributed by atoms with Crippen LogP contribution in [0.1, 0.15) is 13.8 Å². The highest BCUT2D eigenvalue weighted by Crippen LogP contribution is 2.17. The normalized spacial score (nSPS) is 10.0. The molecular weight excluding hydrogens is 192 g/mol. The molecule has 0 aromatic heterocycles. The summed E-state index contributed by atoms with van der Waals surface area (Å²) in [5.41, 5.74) is 7.69. The molecule has 1 aromatic rings. The van der Waals surface area contributed by atoms with Crippen LogP contribution in [0.25, 0.3) is 0 Å². The molecule has 0 aliphatic rings. The Bertz CT molecular complexity index is 293. The molecule has 0 saturated carbocycles. The zero-order chi connectivity index (χ0) is 11.1. The highest BCUT2D eigenvalue weighted by Gasteiger charge is 2.03. The molecule has 0 bridgehead atoms. The van der Waals surface area contributed by atoms with E-state index in [2.05, 4.69) is 16.0 Å². The number of nitroso groups, excluding NO2 is 1. The van der Waals surface area contributed by atoms with Crippen LogP contribution in [0.15, 0.2) is 29.4 Å². The van der Waals surface area contributed by atoms with Crippen LogP contribution in [0.3, 0.4) is 0 Å². The first kappa shape index (κ1) is 11.6. The van der Waals surface area contributed by atoms with Crippen molar-refractivity contribution >= 4 is 11.4 Å². The van der Waals surface area contributed by atoms with Gasteiger partial charge in [0.25, 0.3) is 0 Å². The van der Waals surface area contributed by atoms with Crippen LogP contribution in [0.2, 0.25) is 0 Å². The molecule has 2 N–H and O–H groups in total. The van der Waals surface area contributed by atoms with Gasteiger partial charge in [-0.05, 0) is 29.4 Å². The molecule has 0 aliphatic carbocycles. The summed E-state index contributed by atoms with van der Waals surface area (Å²) >= 11 is 0. The predicted molar refractivity (Wildman–Crippen MR) is 61.7 cm³/mol. The van der Waals surface area contributed by atoms with Crippen LogP contribution in [-0.2, 0) is 0 Å². The number of nitrogens with zero attached hydrogens (tertiary/aromatic N) is 2. The van der Waals surface area contributed by atoms with E-state index in [0.717, 1.165) is 18.8 Å². The second-order valence-electron chi connectivity index (χ2n) is 2.97. The summed E-state index contributed by atoms with van der Waals surface area (Å²) in [5.74, 6) is 0. The minimum atomic E-state index is 0.437. The molecule has 82 valence electrons. The zero-order valence-electron chi connectivity index (χ0n) is 9.03. The van der Waals surface area contributed by atoms with Crippen molar-refractivity contribution in [3.8, 4) is 0 Å². The molecule has 1 aromatic carbocycles. The van der Waals surface area contributed by atoms with Gasteiger partial charge in [0.15, 0.2) is 0 Å². The summed E-state index contributed by atoms with van der Waals surface area (Å²) in [4.78, 5) is 10.2. The number of hydrazine groups is 2. The van der Waals surface area contributed by atoms with Crippen LogP contribution in [-0.4, -0.2) is 13.1 Å². The van der Waals surface area contributed by atoms with Gasteiger partial charge in [-0.15, -0.1) is 4.91 Å². The third kappa shape index (κ3) is 3.30. The lowest BCUT2D eigenvalue weighted by Gasteiger charge is -2.24. The van der Waals surface area contributed by atoms with Crippen molar-refractivity contribution in [2.24, 2.45) is 5.18 Å². The van der Waals surface area contributed by atoms with E-state index in [0.29, 0.717) is 5.69 Å². The molecule has 5 nitrogen and oxygen atoms in total. The van der Waals surface area contributed by atoms with Crippen molar-refractivity contribution in [1.82, 2.24) is 10.9 Å². The number of rotatable bonds is 6. The number of anilines is 1. The number of hydrogen-bond donors (Lipinski definition) is 2. The Kier molecular flexibility index (Phi) is 4.73. The van der Waals surface area contributed by atoms with E-state index in [9.17, 15) is 4.91 Å². The van der Waals surface area contributed by atoms with Crippen LogP contribution in [0, 0.1) is 4.91 Å². The Morgan fingerprint density at radius 2 is 1.67 bits per heavy atom. The Morgan fingerprint density at radius 3 is 2.07 bits per heavy atom. The highest BCUT2D eigenvalue weighted by atomic mass is 16.3. The highest BCUT2D eigenvalue weighted by molar-refractivity contribution is 5.51. The van der Waals surface area contributed by atoms with Crippen molar-refractivity contribution in [3.05, 3.63) is 29.2 Å². The van der Waals surface area contributed by atoms with Crippen molar-refractivity contribution in [3.63, 3.8) is 0 Å². The third-order valence-corrected chi connectivity index (χ3v) is 1.85. The summed E-state index contributed by atoms with van der Waals surface area (Å²) in [6.07, 6.45) is 0. The molecule has 0 unspecified atom stereocenters. The minimum absolute atomic E-state index is 0.437. The first-order chi connectivity index (χ1) is 7.31. The topological polar surface area (TPSA) is 56.7 Å². The van der Waals surface area contributed by atoms with Gasteiger partial charge < -0.3 is 0 Å². The fourth-order valence-electron chi connectivity index (χ4n) is 1.22. The quantitative estimate of drug-likeness (QED) is 0.554. The summed E-state index contributed by atoms with van der Waals surface area (Å²) in [6, 6.07) is 7.04. The van der Waals surface area contributed by atoms with Gasteiger partial charge in [-0.1, -0.05) is 13.8 Å². The van der Waals surface area contributed by atoms with Gasteiger partial charge >= 0.3 is 0 Å². The lowest BCUT2D eigenvalue weighted by molar-refractivity contribution is 0.550. The lowest BCUT2D eigenvalue weighted by Crippen LogP contribution is -2.48. The Balaban J connectivity index is 2.76. The van der Waals surface area contributed by atoms with Crippen LogP contribution in [0.5, 0.6) is 0 Å². The molecule has 1 rings (SSSR count). The molecule has 0 saturated heterocycles. The molecule has 0 amide bonds. The molecule has 5 heteroatoms. The molecule has 0 fully saturated rings. The Hall–Kier alpha value is -1.46. The predicted octanol–water partition coefficient (Wildman–Crippen LogP) is 1.94. The van der Waals surface area contributed by atoms with Gasteiger partial charge in [0.05, 0.1) is 5.69 Å². The van der Waals surface area contributed by atoms with Gasteiger partial charge in [-0.25, -0.2) is 16.0 Å². The smallest absolute Gasteiger partial charge is 0.108 e. The van der Waals surface area contributed by atoms with Crippen molar-refractivity contribution in [2.75, 3.05) is 18.2 Å². The maximum Gasteiger partial charge on any atom is 0.108 e. The number of hydrogen-bond acceptors (Lipinski definition) is 5. The fraction of sp³-hybridized carbons (Fsp3) is 0.400. The average molecular weight is 208 g/mol. The fourth-order valence-corrected chi connectivity index (χ4v) is 1.22.